The molecule has 168 valence electrons. The minimum Gasteiger partial charge on any atom is -0.279 e. The van der Waals surface area contributed by atoms with Crippen LogP contribution in [0.3, 0.4) is 0 Å². The summed E-state index contributed by atoms with van der Waals surface area (Å²) in [6, 6.07) is 43.4. The van der Waals surface area contributed by atoms with Gasteiger partial charge in [0.15, 0.2) is 0 Å². The van der Waals surface area contributed by atoms with E-state index in [1.54, 1.807) is 0 Å². The van der Waals surface area contributed by atoms with E-state index in [1.165, 1.54) is 50.1 Å². The predicted octanol–water partition coefficient (Wildman–Crippen LogP) is 8.27. The van der Waals surface area contributed by atoms with E-state index in [9.17, 15) is 0 Å². The zero-order valence-electron chi connectivity index (χ0n) is 19.9. The molecule has 0 aromatic heterocycles. The van der Waals surface area contributed by atoms with Gasteiger partial charge >= 0.3 is 0 Å². The standard InChI is InChI=1S/C34H27N/c1-24-18-19-28-22-29-15-9-17-31(33(29)32(28)20-24)34(35-23-25-10-4-2-5-11-25)30-16-8-14-27(21-30)26-12-6-3-7-13-26/h2-21H,22-23H2,1H3/b35-34+. The highest BCUT2D eigenvalue weighted by Gasteiger charge is 2.24. The van der Waals surface area contributed by atoms with Crippen LogP contribution in [0, 0.1) is 6.92 Å². The highest BCUT2D eigenvalue weighted by molar-refractivity contribution is 6.17. The Labute approximate surface area is 207 Å². The quantitative estimate of drug-likeness (QED) is 0.235. The molecular formula is C34H27N. The number of aliphatic imine (C=N–C) groups is 1. The molecule has 35 heavy (non-hydrogen) atoms. The highest BCUT2D eigenvalue weighted by Crippen LogP contribution is 2.40. The zero-order valence-corrected chi connectivity index (χ0v) is 19.9. The minimum absolute atomic E-state index is 0.649. The number of nitrogens with zero attached hydrogens (tertiary/aromatic N) is 1. The van der Waals surface area contributed by atoms with Crippen molar-refractivity contribution in [3.8, 4) is 22.3 Å². The average Bonchev–Trinajstić information content (AvgIpc) is 3.28. The molecule has 1 aliphatic rings. The lowest BCUT2D eigenvalue weighted by molar-refractivity contribution is 1.07. The van der Waals surface area contributed by atoms with Gasteiger partial charge in [0.1, 0.15) is 0 Å². The van der Waals surface area contributed by atoms with Gasteiger partial charge in [0, 0.05) is 11.1 Å². The number of benzene rings is 5. The summed E-state index contributed by atoms with van der Waals surface area (Å²) in [7, 11) is 0. The summed E-state index contributed by atoms with van der Waals surface area (Å²) in [4.78, 5) is 5.26. The van der Waals surface area contributed by atoms with Gasteiger partial charge < -0.3 is 0 Å². The van der Waals surface area contributed by atoms with E-state index in [0.717, 1.165) is 17.7 Å². The SMILES string of the molecule is Cc1ccc2c(c1)-c1c(cccc1/C(=N/Cc1ccccc1)c1cccc(-c3ccccc3)c1)C2. The fraction of sp³-hybridized carbons (Fsp3) is 0.0882. The van der Waals surface area contributed by atoms with Gasteiger partial charge in [-0.1, -0.05) is 121 Å². The molecule has 0 amide bonds. The van der Waals surface area contributed by atoms with E-state index in [2.05, 4.69) is 128 Å². The molecule has 0 saturated carbocycles. The van der Waals surface area contributed by atoms with Crippen molar-refractivity contribution in [1.82, 2.24) is 0 Å². The second-order valence-corrected chi connectivity index (χ2v) is 9.27. The van der Waals surface area contributed by atoms with E-state index < -0.39 is 0 Å². The smallest absolute Gasteiger partial charge is 0.0729 e. The third-order valence-electron chi connectivity index (χ3n) is 6.83. The van der Waals surface area contributed by atoms with Crippen LogP contribution in [0.5, 0.6) is 0 Å². The highest BCUT2D eigenvalue weighted by atomic mass is 14.7. The second-order valence-electron chi connectivity index (χ2n) is 9.27. The summed E-state index contributed by atoms with van der Waals surface area (Å²) >= 11 is 0. The van der Waals surface area contributed by atoms with E-state index in [1.807, 2.05) is 0 Å². The van der Waals surface area contributed by atoms with Gasteiger partial charge in [-0.2, -0.15) is 0 Å². The average molecular weight is 450 g/mol. The lowest BCUT2D eigenvalue weighted by Crippen LogP contribution is -2.07. The van der Waals surface area contributed by atoms with Gasteiger partial charge in [0.25, 0.3) is 0 Å². The Balaban J connectivity index is 1.53. The molecule has 5 aromatic carbocycles. The van der Waals surface area contributed by atoms with Crippen LogP contribution in [0.4, 0.5) is 0 Å². The maximum atomic E-state index is 5.26. The third-order valence-corrected chi connectivity index (χ3v) is 6.83. The third kappa shape index (κ3) is 4.22. The normalized spacial score (nSPS) is 12.3. The molecule has 0 saturated heterocycles. The molecule has 0 bridgehead atoms. The number of fused-ring (bicyclic) bond motifs is 3. The Morgan fingerprint density at radius 1 is 0.657 bits per heavy atom. The van der Waals surface area contributed by atoms with Crippen LogP contribution < -0.4 is 0 Å². The molecule has 1 aliphatic carbocycles. The number of rotatable bonds is 5. The van der Waals surface area contributed by atoms with Crippen molar-refractivity contribution in [1.29, 1.82) is 0 Å². The Kier molecular flexibility index (Phi) is 5.60. The monoisotopic (exact) mass is 449 g/mol. The Bertz CT molecular complexity index is 1530. The molecule has 0 aliphatic heterocycles. The summed E-state index contributed by atoms with van der Waals surface area (Å²) < 4.78 is 0. The first-order valence-electron chi connectivity index (χ1n) is 12.2. The Morgan fingerprint density at radius 3 is 2.23 bits per heavy atom. The van der Waals surface area contributed by atoms with Crippen LogP contribution >= 0.6 is 0 Å². The molecule has 5 aromatic rings. The molecule has 0 N–H and O–H groups in total. The lowest BCUT2D eigenvalue weighted by Gasteiger charge is -2.15. The van der Waals surface area contributed by atoms with Crippen molar-refractivity contribution in [2.24, 2.45) is 4.99 Å². The van der Waals surface area contributed by atoms with Gasteiger partial charge in [-0.15, -0.1) is 0 Å². The maximum Gasteiger partial charge on any atom is 0.0729 e. The zero-order chi connectivity index (χ0) is 23.6. The van der Waals surface area contributed by atoms with Crippen LogP contribution in [-0.4, -0.2) is 5.71 Å². The molecule has 6 rings (SSSR count). The molecule has 0 heterocycles. The summed E-state index contributed by atoms with van der Waals surface area (Å²) in [5.74, 6) is 0. The molecule has 0 spiro atoms. The van der Waals surface area contributed by atoms with E-state index in [4.69, 9.17) is 4.99 Å². The van der Waals surface area contributed by atoms with Crippen molar-refractivity contribution in [2.75, 3.05) is 0 Å². The van der Waals surface area contributed by atoms with Crippen LogP contribution in [0.25, 0.3) is 22.3 Å². The first-order chi connectivity index (χ1) is 17.3. The fourth-order valence-electron chi connectivity index (χ4n) is 5.11. The van der Waals surface area contributed by atoms with Gasteiger partial charge in [-0.3, -0.25) is 4.99 Å². The van der Waals surface area contributed by atoms with Crippen molar-refractivity contribution in [3.63, 3.8) is 0 Å². The molecule has 0 unspecified atom stereocenters. The number of aryl methyl sites for hydroxylation is 1. The molecule has 0 fully saturated rings. The van der Waals surface area contributed by atoms with Crippen LogP contribution in [0.15, 0.2) is 126 Å². The van der Waals surface area contributed by atoms with Gasteiger partial charge in [0.2, 0.25) is 0 Å². The van der Waals surface area contributed by atoms with Crippen LogP contribution in [0.2, 0.25) is 0 Å². The second kappa shape index (κ2) is 9.19. The first kappa shape index (κ1) is 21.3. The molecule has 1 nitrogen and oxygen atoms in total. The largest absolute Gasteiger partial charge is 0.279 e. The summed E-state index contributed by atoms with van der Waals surface area (Å²) in [6.07, 6.45) is 0.981. The molecular weight excluding hydrogens is 422 g/mol. The molecule has 0 radical (unpaired) electrons. The van der Waals surface area contributed by atoms with E-state index in [0.29, 0.717) is 6.54 Å². The fourth-order valence-corrected chi connectivity index (χ4v) is 5.11. The summed E-state index contributed by atoms with van der Waals surface area (Å²) in [5.41, 5.74) is 13.8. The number of hydrogen-bond donors (Lipinski definition) is 0. The van der Waals surface area contributed by atoms with Gasteiger partial charge in [0.05, 0.1) is 12.3 Å². The minimum atomic E-state index is 0.649. The first-order valence-corrected chi connectivity index (χ1v) is 12.2. The topological polar surface area (TPSA) is 12.4 Å². The molecule has 0 atom stereocenters. The van der Waals surface area contributed by atoms with Crippen LogP contribution in [0.1, 0.15) is 33.4 Å². The predicted molar refractivity (Wildman–Crippen MR) is 147 cm³/mol. The Hall–Kier alpha value is -4.23. The molecule has 1 heteroatoms. The Morgan fingerprint density at radius 2 is 1.40 bits per heavy atom. The van der Waals surface area contributed by atoms with Crippen molar-refractivity contribution < 1.29 is 0 Å². The van der Waals surface area contributed by atoms with Crippen molar-refractivity contribution in [3.05, 3.63) is 155 Å². The van der Waals surface area contributed by atoms with Gasteiger partial charge in [-0.05, 0) is 58.4 Å². The van der Waals surface area contributed by atoms with Crippen LogP contribution in [-0.2, 0) is 13.0 Å². The number of hydrogen-bond acceptors (Lipinski definition) is 1. The van der Waals surface area contributed by atoms with Gasteiger partial charge in [-0.25, -0.2) is 0 Å². The maximum absolute atomic E-state index is 5.26. The van der Waals surface area contributed by atoms with Crippen molar-refractivity contribution in [2.45, 2.75) is 19.9 Å². The summed E-state index contributed by atoms with van der Waals surface area (Å²) in [6.45, 7) is 2.82. The van der Waals surface area contributed by atoms with E-state index in [-0.39, 0.29) is 0 Å². The summed E-state index contributed by atoms with van der Waals surface area (Å²) in [5, 5.41) is 0. The van der Waals surface area contributed by atoms with E-state index >= 15 is 0 Å². The van der Waals surface area contributed by atoms with Crippen molar-refractivity contribution >= 4 is 5.71 Å². The lowest BCUT2D eigenvalue weighted by atomic mass is 9.91.